The third-order valence-electron chi connectivity index (χ3n) is 6.72. The Kier molecular flexibility index (Phi) is 3.09. The van der Waals surface area contributed by atoms with Crippen molar-refractivity contribution < 1.29 is 20.4 Å². The fourth-order valence-electron chi connectivity index (χ4n) is 5.62. The Labute approximate surface area is 130 Å². The van der Waals surface area contributed by atoms with E-state index in [9.17, 15) is 20.4 Å². The van der Waals surface area contributed by atoms with Gasteiger partial charge < -0.3 is 20.4 Å². The van der Waals surface area contributed by atoms with E-state index in [-0.39, 0.29) is 11.8 Å². The molecule has 0 aliphatic heterocycles. The van der Waals surface area contributed by atoms with Crippen LogP contribution in [0.15, 0.2) is 18.2 Å². The summed E-state index contributed by atoms with van der Waals surface area (Å²) in [4.78, 5) is 0. The minimum atomic E-state index is -1.03. The van der Waals surface area contributed by atoms with Gasteiger partial charge in [-0.1, -0.05) is 13.0 Å². The molecule has 0 heterocycles. The fraction of sp³-hybridized carbons (Fsp3) is 0.667. The third-order valence-corrected chi connectivity index (χ3v) is 6.72. The average molecular weight is 304 g/mol. The van der Waals surface area contributed by atoms with E-state index in [0.717, 1.165) is 25.7 Å². The molecule has 3 aliphatic carbocycles. The van der Waals surface area contributed by atoms with Crippen LogP contribution in [-0.2, 0) is 6.42 Å². The Hall–Kier alpha value is -1.10. The molecule has 0 radical (unpaired) electrons. The molecule has 2 saturated carbocycles. The van der Waals surface area contributed by atoms with Crippen LogP contribution < -0.4 is 0 Å². The molecule has 4 nitrogen and oxygen atoms in total. The van der Waals surface area contributed by atoms with Crippen molar-refractivity contribution in [3.8, 4) is 5.75 Å². The van der Waals surface area contributed by atoms with Gasteiger partial charge in [0.15, 0.2) is 0 Å². The van der Waals surface area contributed by atoms with Crippen molar-refractivity contribution >= 4 is 0 Å². The third kappa shape index (κ3) is 1.75. The number of phenolic OH excluding ortho intramolecular Hbond substituents is 1. The first kappa shape index (κ1) is 14.5. The molecule has 4 rings (SSSR count). The number of aromatic hydroxyl groups is 1. The molecule has 1 aromatic rings. The van der Waals surface area contributed by atoms with E-state index in [1.807, 2.05) is 19.1 Å². The van der Waals surface area contributed by atoms with E-state index in [4.69, 9.17) is 0 Å². The van der Waals surface area contributed by atoms with Crippen molar-refractivity contribution in [2.45, 2.75) is 56.8 Å². The van der Waals surface area contributed by atoms with Crippen molar-refractivity contribution in [3.63, 3.8) is 0 Å². The second kappa shape index (κ2) is 4.70. The second-order valence-electron chi connectivity index (χ2n) is 7.69. The summed E-state index contributed by atoms with van der Waals surface area (Å²) in [7, 11) is 0. The Morgan fingerprint density at radius 2 is 1.86 bits per heavy atom. The van der Waals surface area contributed by atoms with Crippen LogP contribution in [0, 0.1) is 17.3 Å². The molecular weight excluding hydrogens is 280 g/mol. The number of aliphatic hydroxyl groups excluding tert-OH is 3. The van der Waals surface area contributed by atoms with Crippen molar-refractivity contribution in [1.82, 2.24) is 0 Å². The number of benzene rings is 1. The maximum atomic E-state index is 10.5. The van der Waals surface area contributed by atoms with Gasteiger partial charge in [0.25, 0.3) is 0 Å². The summed E-state index contributed by atoms with van der Waals surface area (Å²) in [6.45, 7) is 2.02. The monoisotopic (exact) mass is 304 g/mol. The van der Waals surface area contributed by atoms with Crippen molar-refractivity contribution in [2.75, 3.05) is 0 Å². The topological polar surface area (TPSA) is 80.9 Å². The highest BCUT2D eigenvalue weighted by Gasteiger charge is 2.62. The summed E-state index contributed by atoms with van der Waals surface area (Å²) in [6, 6.07) is 5.61. The van der Waals surface area contributed by atoms with Gasteiger partial charge in [0.2, 0.25) is 0 Å². The van der Waals surface area contributed by atoms with Crippen LogP contribution in [0.5, 0.6) is 5.75 Å². The van der Waals surface area contributed by atoms with Crippen LogP contribution in [0.4, 0.5) is 0 Å². The summed E-state index contributed by atoms with van der Waals surface area (Å²) in [5, 5.41) is 40.7. The summed E-state index contributed by atoms with van der Waals surface area (Å²) in [6.07, 6.45) is 0.894. The van der Waals surface area contributed by atoms with E-state index in [1.54, 1.807) is 6.07 Å². The Morgan fingerprint density at radius 1 is 1.09 bits per heavy atom. The lowest BCUT2D eigenvalue weighted by atomic mass is 9.55. The van der Waals surface area contributed by atoms with Crippen LogP contribution >= 0.6 is 0 Å². The van der Waals surface area contributed by atoms with Crippen LogP contribution in [0.1, 0.15) is 43.2 Å². The first-order valence-electron chi connectivity index (χ1n) is 8.29. The number of fused-ring (bicyclic) bond motifs is 5. The standard InChI is InChI=1S/C18H24O4/c1-18-7-6-12-11-5-3-10(19)8-9(11)2-4-13(12)14(18)15(20)16(21)17(18)22/h3,5,8,12-17,19-22H,2,4,6-7H2,1H3/t12?,13?,14?,15-,16-,17?,18+/m1/s1. The van der Waals surface area contributed by atoms with E-state index < -0.39 is 23.7 Å². The lowest BCUT2D eigenvalue weighted by molar-refractivity contribution is -0.0505. The van der Waals surface area contributed by atoms with Crippen LogP contribution in [0.2, 0.25) is 0 Å². The van der Waals surface area contributed by atoms with Gasteiger partial charge in [0.05, 0.1) is 12.2 Å². The maximum Gasteiger partial charge on any atom is 0.115 e. The van der Waals surface area contributed by atoms with Crippen molar-refractivity contribution in [2.24, 2.45) is 17.3 Å². The number of hydrogen-bond acceptors (Lipinski definition) is 4. The van der Waals surface area contributed by atoms with Crippen molar-refractivity contribution in [3.05, 3.63) is 29.3 Å². The van der Waals surface area contributed by atoms with Crippen molar-refractivity contribution in [1.29, 1.82) is 0 Å². The molecule has 2 fully saturated rings. The number of hydrogen-bond donors (Lipinski definition) is 4. The molecule has 7 atom stereocenters. The summed E-state index contributed by atoms with van der Waals surface area (Å²) in [5.41, 5.74) is 2.09. The molecule has 0 saturated heterocycles. The fourth-order valence-corrected chi connectivity index (χ4v) is 5.62. The normalized spacial score (nSPS) is 46.7. The zero-order valence-electron chi connectivity index (χ0n) is 12.8. The molecule has 4 unspecified atom stereocenters. The number of phenols is 1. The highest BCUT2D eigenvalue weighted by molar-refractivity contribution is 5.40. The predicted molar refractivity (Wildman–Crippen MR) is 81.5 cm³/mol. The van der Waals surface area contributed by atoms with Gasteiger partial charge in [-0.15, -0.1) is 0 Å². The molecule has 22 heavy (non-hydrogen) atoms. The Morgan fingerprint density at radius 3 is 2.64 bits per heavy atom. The van der Waals surface area contributed by atoms with E-state index in [1.165, 1.54) is 11.1 Å². The first-order valence-corrected chi connectivity index (χ1v) is 8.29. The van der Waals surface area contributed by atoms with E-state index >= 15 is 0 Å². The average Bonchev–Trinajstić information content (AvgIpc) is 2.68. The summed E-state index contributed by atoms with van der Waals surface area (Å²) >= 11 is 0. The molecule has 4 heteroatoms. The van der Waals surface area contributed by atoms with Crippen LogP contribution in [-0.4, -0.2) is 38.7 Å². The van der Waals surface area contributed by atoms with Gasteiger partial charge in [-0.25, -0.2) is 0 Å². The SMILES string of the molecule is C[C@]12CCC3c4ccc(O)cc4CCC3C1[C@@H](O)[C@@H](O)C2O. The predicted octanol–water partition coefficient (Wildman–Crippen LogP) is 1.55. The van der Waals surface area contributed by atoms with Gasteiger partial charge in [-0.3, -0.25) is 0 Å². The molecule has 0 spiro atoms. The summed E-state index contributed by atoms with van der Waals surface area (Å²) < 4.78 is 0. The number of aliphatic hydroxyl groups is 3. The van der Waals surface area contributed by atoms with Gasteiger partial charge in [0, 0.05) is 5.41 Å². The highest BCUT2D eigenvalue weighted by atomic mass is 16.4. The lowest BCUT2D eigenvalue weighted by Gasteiger charge is -2.50. The molecule has 0 amide bonds. The quantitative estimate of drug-likeness (QED) is 0.586. The molecule has 120 valence electrons. The molecule has 3 aliphatic rings. The lowest BCUT2D eigenvalue weighted by Crippen LogP contribution is -2.46. The number of aryl methyl sites for hydroxylation is 1. The van der Waals surface area contributed by atoms with Crippen LogP contribution in [0.25, 0.3) is 0 Å². The molecule has 1 aromatic carbocycles. The minimum Gasteiger partial charge on any atom is -0.508 e. The molecule has 4 N–H and O–H groups in total. The van der Waals surface area contributed by atoms with E-state index in [0.29, 0.717) is 11.7 Å². The zero-order valence-corrected chi connectivity index (χ0v) is 12.8. The van der Waals surface area contributed by atoms with Crippen LogP contribution in [0.3, 0.4) is 0 Å². The smallest absolute Gasteiger partial charge is 0.115 e. The Bertz CT molecular complexity index is 601. The maximum absolute atomic E-state index is 10.5. The summed E-state index contributed by atoms with van der Waals surface area (Å²) in [5.74, 6) is 0.898. The van der Waals surface area contributed by atoms with Gasteiger partial charge in [0.1, 0.15) is 11.9 Å². The second-order valence-corrected chi connectivity index (χ2v) is 7.69. The minimum absolute atomic E-state index is 0.0572. The largest absolute Gasteiger partial charge is 0.508 e. The Balaban J connectivity index is 1.74. The highest BCUT2D eigenvalue weighted by Crippen LogP contribution is 2.60. The van der Waals surface area contributed by atoms with Gasteiger partial charge >= 0.3 is 0 Å². The molecule has 0 aromatic heterocycles. The molecular formula is C18H24O4. The number of rotatable bonds is 0. The molecule has 0 bridgehead atoms. The first-order chi connectivity index (χ1) is 10.4. The zero-order chi connectivity index (χ0) is 15.6. The van der Waals surface area contributed by atoms with Gasteiger partial charge in [-0.2, -0.15) is 0 Å². The van der Waals surface area contributed by atoms with E-state index in [2.05, 4.69) is 0 Å². The van der Waals surface area contributed by atoms with Gasteiger partial charge in [-0.05, 0) is 66.7 Å².